The van der Waals surface area contributed by atoms with Crippen molar-refractivity contribution >= 4 is 11.8 Å². The van der Waals surface area contributed by atoms with Gasteiger partial charge < -0.3 is 19.7 Å². The highest BCUT2D eigenvalue weighted by Gasteiger charge is 2.28. The lowest BCUT2D eigenvalue weighted by Gasteiger charge is -2.31. The molecule has 0 aromatic heterocycles. The van der Waals surface area contributed by atoms with Crippen LogP contribution in [0.5, 0.6) is 11.5 Å². The number of nitrogens with zero attached hydrogens (tertiary/aromatic N) is 1. The predicted molar refractivity (Wildman–Crippen MR) is 141 cm³/mol. The summed E-state index contributed by atoms with van der Waals surface area (Å²) in [5.41, 5.74) is 3.18. The number of benzene rings is 2. The summed E-state index contributed by atoms with van der Waals surface area (Å²) in [4.78, 5) is 28.2. The topological polar surface area (TPSA) is 67.9 Å². The van der Waals surface area contributed by atoms with Crippen molar-refractivity contribution in [3.63, 3.8) is 0 Å². The maximum Gasteiger partial charge on any atom is 0.242 e. The Hall–Kier alpha value is -3.02. The van der Waals surface area contributed by atoms with Gasteiger partial charge in [0.15, 0.2) is 11.5 Å². The second-order valence-electron chi connectivity index (χ2n) is 8.72. The average Bonchev–Trinajstić information content (AvgIpc) is 2.85. The lowest BCUT2D eigenvalue weighted by molar-refractivity contribution is -0.141. The van der Waals surface area contributed by atoms with Gasteiger partial charge in [-0.1, -0.05) is 56.2 Å². The summed E-state index contributed by atoms with van der Waals surface area (Å²) < 4.78 is 11.4. The molecule has 35 heavy (non-hydrogen) atoms. The summed E-state index contributed by atoms with van der Waals surface area (Å²) in [6.45, 7) is 12.1. The molecule has 2 rings (SSSR count). The van der Waals surface area contributed by atoms with Gasteiger partial charge in [0.05, 0.1) is 13.2 Å². The number of rotatable bonds is 15. The van der Waals surface area contributed by atoms with Crippen LogP contribution in [0.2, 0.25) is 0 Å². The molecule has 0 spiro atoms. The van der Waals surface area contributed by atoms with Gasteiger partial charge in [-0.3, -0.25) is 9.59 Å². The molecule has 0 aliphatic carbocycles. The molecule has 6 nitrogen and oxygen atoms in total. The molecule has 192 valence electrons. The number of carbonyl (C=O) groups excluding carboxylic acids is 2. The Balaban J connectivity index is 2.19. The number of carbonyl (C=O) groups is 2. The van der Waals surface area contributed by atoms with Gasteiger partial charge in [0.1, 0.15) is 6.04 Å². The van der Waals surface area contributed by atoms with Crippen LogP contribution in [0.4, 0.5) is 0 Å². The van der Waals surface area contributed by atoms with Crippen molar-refractivity contribution in [3.8, 4) is 11.5 Å². The van der Waals surface area contributed by atoms with Crippen LogP contribution in [0.15, 0.2) is 42.5 Å². The van der Waals surface area contributed by atoms with Gasteiger partial charge >= 0.3 is 0 Å². The highest BCUT2D eigenvalue weighted by molar-refractivity contribution is 5.87. The fourth-order valence-electron chi connectivity index (χ4n) is 3.96. The first-order valence-electron chi connectivity index (χ1n) is 12.9. The number of nitrogens with one attached hydrogen (secondary N) is 1. The van der Waals surface area contributed by atoms with Gasteiger partial charge in [0, 0.05) is 19.5 Å². The molecule has 0 aliphatic heterocycles. The van der Waals surface area contributed by atoms with Crippen molar-refractivity contribution in [2.45, 2.75) is 79.3 Å². The van der Waals surface area contributed by atoms with Crippen LogP contribution in [0.3, 0.4) is 0 Å². The first kappa shape index (κ1) is 28.2. The Bertz CT molecular complexity index is 927. The molecule has 2 aromatic rings. The summed E-state index contributed by atoms with van der Waals surface area (Å²) in [5, 5.41) is 3.02. The van der Waals surface area contributed by atoms with E-state index in [0.717, 1.165) is 29.5 Å². The van der Waals surface area contributed by atoms with Crippen LogP contribution < -0.4 is 14.8 Å². The second kappa shape index (κ2) is 15.1. The van der Waals surface area contributed by atoms with Crippen molar-refractivity contribution in [1.29, 1.82) is 0 Å². The third-order valence-corrected chi connectivity index (χ3v) is 5.92. The van der Waals surface area contributed by atoms with E-state index in [9.17, 15) is 9.59 Å². The molecular formula is C29H42N2O4. The SMILES string of the molecule is CCCCNC(=O)C(CC)N(Cc1ccc(C)cc1)C(=O)CCc1ccc(OCC)c(OCC)c1. The fraction of sp³-hybridized carbons (Fsp3) is 0.517. The van der Waals surface area contributed by atoms with Gasteiger partial charge in [0.25, 0.3) is 0 Å². The van der Waals surface area contributed by atoms with E-state index >= 15 is 0 Å². The first-order valence-corrected chi connectivity index (χ1v) is 12.9. The maximum atomic E-state index is 13.5. The monoisotopic (exact) mass is 482 g/mol. The van der Waals surface area contributed by atoms with E-state index in [2.05, 4.69) is 12.2 Å². The number of aryl methyl sites for hydroxylation is 2. The Morgan fingerprint density at radius 3 is 2.20 bits per heavy atom. The molecule has 0 fully saturated rings. The predicted octanol–water partition coefficient (Wildman–Crippen LogP) is 5.45. The molecule has 1 N–H and O–H groups in total. The van der Waals surface area contributed by atoms with E-state index in [4.69, 9.17) is 9.47 Å². The lowest BCUT2D eigenvalue weighted by atomic mass is 10.0. The summed E-state index contributed by atoms with van der Waals surface area (Å²) in [6.07, 6.45) is 3.36. The zero-order chi connectivity index (χ0) is 25.6. The fourth-order valence-corrected chi connectivity index (χ4v) is 3.96. The largest absolute Gasteiger partial charge is 0.490 e. The zero-order valence-electron chi connectivity index (χ0n) is 22.1. The highest BCUT2D eigenvalue weighted by Crippen LogP contribution is 2.29. The van der Waals surface area contributed by atoms with E-state index in [0.29, 0.717) is 57.1 Å². The molecular weight excluding hydrogens is 440 g/mol. The molecule has 2 aromatic carbocycles. The number of unbranched alkanes of at least 4 members (excludes halogenated alkanes) is 1. The molecule has 0 saturated heterocycles. The van der Waals surface area contributed by atoms with Crippen molar-refractivity contribution < 1.29 is 19.1 Å². The summed E-state index contributed by atoms with van der Waals surface area (Å²) in [7, 11) is 0. The van der Waals surface area contributed by atoms with E-state index in [1.807, 2.05) is 70.2 Å². The van der Waals surface area contributed by atoms with Crippen LogP contribution in [0, 0.1) is 6.92 Å². The Morgan fingerprint density at radius 1 is 0.914 bits per heavy atom. The van der Waals surface area contributed by atoms with E-state index in [1.54, 1.807) is 4.90 Å². The Kier molecular flexibility index (Phi) is 12.2. The average molecular weight is 483 g/mol. The first-order chi connectivity index (χ1) is 16.9. The van der Waals surface area contributed by atoms with E-state index in [1.165, 1.54) is 0 Å². The summed E-state index contributed by atoms with van der Waals surface area (Å²) in [6, 6.07) is 13.4. The van der Waals surface area contributed by atoms with Gasteiger partial charge in [-0.05, 0) is 63.3 Å². The highest BCUT2D eigenvalue weighted by atomic mass is 16.5. The van der Waals surface area contributed by atoms with Gasteiger partial charge in [0.2, 0.25) is 11.8 Å². The molecule has 0 bridgehead atoms. The standard InChI is InChI=1S/C29H42N2O4/c1-6-10-19-30-29(33)25(7-2)31(21-24-13-11-22(5)12-14-24)28(32)18-16-23-15-17-26(34-8-3)27(20-23)35-9-4/h11-15,17,20,25H,6-10,16,18-19,21H2,1-5H3,(H,30,33). The number of amides is 2. The normalized spacial score (nSPS) is 11.6. The van der Waals surface area contributed by atoms with Crippen LogP contribution >= 0.6 is 0 Å². The van der Waals surface area contributed by atoms with Crippen LogP contribution in [0.25, 0.3) is 0 Å². The molecule has 0 saturated carbocycles. The minimum absolute atomic E-state index is 0.0325. The molecule has 0 aliphatic rings. The van der Waals surface area contributed by atoms with Gasteiger partial charge in [-0.15, -0.1) is 0 Å². The minimum Gasteiger partial charge on any atom is -0.490 e. The smallest absolute Gasteiger partial charge is 0.242 e. The quantitative estimate of drug-likeness (QED) is 0.343. The number of hydrogen-bond donors (Lipinski definition) is 1. The van der Waals surface area contributed by atoms with Crippen molar-refractivity contribution in [3.05, 3.63) is 59.2 Å². The van der Waals surface area contributed by atoms with Crippen LogP contribution in [-0.2, 0) is 22.6 Å². The Labute approximate surface area is 211 Å². The molecule has 1 unspecified atom stereocenters. The third-order valence-electron chi connectivity index (χ3n) is 5.92. The van der Waals surface area contributed by atoms with Crippen molar-refractivity contribution in [2.75, 3.05) is 19.8 Å². The Morgan fingerprint density at radius 2 is 1.57 bits per heavy atom. The van der Waals surface area contributed by atoms with Crippen LogP contribution in [-0.4, -0.2) is 42.5 Å². The van der Waals surface area contributed by atoms with E-state index < -0.39 is 6.04 Å². The summed E-state index contributed by atoms with van der Waals surface area (Å²) >= 11 is 0. The third kappa shape index (κ3) is 8.93. The summed E-state index contributed by atoms with van der Waals surface area (Å²) in [5.74, 6) is 1.29. The molecule has 1 atom stereocenters. The lowest BCUT2D eigenvalue weighted by Crippen LogP contribution is -2.49. The van der Waals surface area contributed by atoms with Gasteiger partial charge in [-0.2, -0.15) is 0 Å². The molecule has 6 heteroatoms. The minimum atomic E-state index is -0.500. The second-order valence-corrected chi connectivity index (χ2v) is 8.72. The number of ether oxygens (including phenoxy) is 2. The molecule has 2 amide bonds. The van der Waals surface area contributed by atoms with Crippen molar-refractivity contribution in [1.82, 2.24) is 10.2 Å². The van der Waals surface area contributed by atoms with Gasteiger partial charge in [-0.25, -0.2) is 0 Å². The molecule has 0 heterocycles. The van der Waals surface area contributed by atoms with Crippen LogP contribution in [0.1, 0.15) is 70.1 Å². The molecule has 0 radical (unpaired) electrons. The maximum absolute atomic E-state index is 13.5. The number of hydrogen-bond acceptors (Lipinski definition) is 4. The van der Waals surface area contributed by atoms with E-state index in [-0.39, 0.29) is 11.8 Å². The van der Waals surface area contributed by atoms with Crippen molar-refractivity contribution in [2.24, 2.45) is 0 Å². The zero-order valence-corrected chi connectivity index (χ0v) is 22.1.